The summed E-state index contributed by atoms with van der Waals surface area (Å²) in [7, 11) is 4.06. The van der Waals surface area contributed by atoms with Crippen molar-refractivity contribution >= 4 is 22.9 Å². The number of hydrogen-bond acceptors (Lipinski definition) is 3. The van der Waals surface area contributed by atoms with E-state index in [4.69, 9.17) is 0 Å². The number of aromatic nitrogens is 2. The van der Waals surface area contributed by atoms with Crippen LogP contribution in [0.15, 0.2) is 59.5 Å². The van der Waals surface area contributed by atoms with E-state index >= 15 is 0 Å². The van der Waals surface area contributed by atoms with Gasteiger partial charge in [0.2, 0.25) is 0 Å². The first-order valence-corrected chi connectivity index (χ1v) is 8.51. The summed E-state index contributed by atoms with van der Waals surface area (Å²) in [6.45, 7) is 1.58. The number of nitrogens with zero attached hydrogens (tertiary/aromatic N) is 3. The van der Waals surface area contributed by atoms with Crippen molar-refractivity contribution in [2.45, 2.75) is 13.0 Å². The zero-order valence-corrected chi connectivity index (χ0v) is 14.7. The summed E-state index contributed by atoms with van der Waals surface area (Å²) in [5.74, 6) is 0. The molecule has 0 unspecified atom stereocenters. The topological polar surface area (TPSA) is 38.1 Å². The smallest absolute Gasteiger partial charge is 0.274 e. The van der Waals surface area contributed by atoms with Gasteiger partial charge in [-0.05, 0) is 50.3 Å². The van der Waals surface area contributed by atoms with Gasteiger partial charge in [0.25, 0.3) is 5.56 Å². The molecule has 0 amide bonds. The monoisotopic (exact) mass is 333 g/mol. The zero-order chi connectivity index (χ0) is 17.6. The van der Waals surface area contributed by atoms with E-state index in [1.165, 1.54) is 0 Å². The predicted molar refractivity (Wildman–Crippen MR) is 105 cm³/mol. The molecule has 3 rings (SSSR count). The number of benzene rings is 2. The van der Waals surface area contributed by atoms with Gasteiger partial charge in [-0.25, -0.2) is 4.68 Å². The third-order valence-corrected chi connectivity index (χ3v) is 4.12. The molecule has 4 heteroatoms. The molecule has 0 radical (unpaired) electrons. The second-order valence-corrected chi connectivity index (χ2v) is 6.42. The van der Waals surface area contributed by atoms with Gasteiger partial charge in [0, 0.05) is 11.9 Å². The fourth-order valence-corrected chi connectivity index (χ4v) is 2.76. The Hall–Kier alpha value is -2.72. The van der Waals surface area contributed by atoms with E-state index in [0.717, 1.165) is 34.9 Å². The van der Waals surface area contributed by atoms with Crippen LogP contribution in [0.3, 0.4) is 0 Å². The molecule has 0 saturated heterocycles. The van der Waals surface area contributed by atoms with Crippen molar-refractivity contribution in [3.63, 3.8) is 0 Å². The van der Waals surface area contributed by atoms with Gasteiger partial charge in [-0.15, -0.1) is 0 Å². The second kappa shape index (κ2) is 7.90. The second-order valence-electron chi connectivity index (χ2n) is 6.42. The first kappa shape index (κ1) is 17.1. The van der Waals surface area contributed by atoms with Crippen molar-refractivity contribution in [2.24, 2.45) is 0 Å². The number of rotatable bonds is 6. The first-order chi connectivity index (χ1) is 12.1. The maximum atomic E-state index is 12.6. The maximum Gasteiger partial charge on any atom is 0.274 e. The molecule has 0 atom stereocenters. The number of fused-ring (bicyclic) bond motifs is 1. The molecular weight excluding hydrogens is 310 g/mol. The molecule has 0 aliphatic heterocycles. The quantitative estimate of drug-likeness (QED) is 0.648. The van der Waals surface area contributed by atoms with Crippen LogP contribution in [0, 0.1) is 0 Å². The SMILES string of the molecule is CN(C)CCCn1ncc2cc(/C=C/c3ccccc3)ccc2c1=O. The minimum Gasteiger partial charge on any atom is -0.309 e. The molecule has 4 nitrogen and oxygen atoms in total. The Bertz CT molecular complexity index is 927. The molecule has 0 bridgehead atoms. The van der Waals surface area contributed by atoms with E-state index in [2.05, 4.69) is 34.3 Å². The predicted octanol–water partition coefficient (Wildman–Crippen LogP) is 3.52. The van der Waals surface area contributed by atoms with E-state index in [0.29, 0.717) is 6.54 Å². The number of aryl methyl sites for hydroxylation is 1. The fourth-order valence-electron chi connectivity index (χ4n) is 2.76. The molecule has 0 saturated carbocycles. The van der Waals surface area contributed by atoms with Crippen LogP contribution in [-0.4, -0.2) is 35.3 Å². The molecule has 0 aliphatic carbocycles. The number of hydrogen-bond donors (Lipinski definition) is 0. The van der Waals surface area contributed by atoms with Gasteiger partial charge in [-0.3, -0.25) is 4.79 Å². The van der Waals surface area contributed by atoms with E-state index < -0.39 is 0 Å². The summed E-state index contributed by atoms with van der Waals surface area (Å²) in [5, 5.41) is 5.92. The highest BCUT2D eigenvalue weighted by atomic mass is 16.1. The van der Waals surface area contributed by atoms with Crippen LogP contribution in [0.25, 0.3) is 22.9 Å². The van der Waals surface area contributed by atoms with Gasteiger partial charge in [-0.2, -0.15) is 5.10 Å². The van der Waals surface area contributed by atoms with Gasteiger partial charge < -0.3 is 4.90 Å². The average Bonchev–Trinajstić information content (AvgIpc) is 2.62. The van der Waals surface area contributed by atoms with Crippen molar-refractivity contribution < 1.29 is 0 Å². The van der Waals surface area contributed by atoms with Gasteiger partial charge in [0.15, 0.2) is 0 Å². The Morgan fingerprint density at radius 2 is 1.80 bits per heavy atom. The van der Waals surface area contributed by atoms with Crippen molar-refractivity contribution in [3.05, 3.63) is 76.2 Å². The summed E-state index contributed by atoms with van der Waals surface area (Å²) < 4.78 is 1.56. The van der Waals surface area contributed by atoms with E-state index in [9.17, 15) is 4.79 Å². The first-order valence-electron chi connectivity index (χ1n) is 8.51. The lowest BCUT2D eigenvalue weighted by molar-refractivity contribution is 0.378. The standard InChI is InChI=1S/C21H23N3O/c1-23(2)13-6-14-24-21(25)20-12-11-18(15-19(20)16-22-24)10-9-17-7-4-3-5-8-17/h3-5,7-12,15-16H,6,13-14H2,1-2H3/b10-9+. The van der Waals surface area contributed by atoms with Crippen molar-refractivity contribution in [3.8, 4) is 0 Å². The Morgan fingerprint density at radius 3 is 2.56 bits per heavy atom. The van der Waals surface area contributed by atoms with Gasteiger partial charge >= 0.3 is 0 Å². The minimum atomic E-state index is -0.0187. The van der Waals surface area contributed by atoms with E-state index in [1.54, 1.807) is 10.9 Å². The Kier molecular flexibility index (Phi) is 5.41. The van der Waals surface area contributed by atoms with E-state index in [-0.39, 0.29) is 5.56 Å². The van der Waals surface area contributed by atoms with Gasteiger partial charge in [0.1, 0.15) is 0 Å². The fraction of sp³-hybridized carbons (Fsp3) is 0.238. The Balaban J connectivity index is 1.82. The molecule has 1 heterocycles. The van der Waals surface area contributed by atoms with Crippen molar-refractivity contribution in [1.29, 1.82) is 0 Å². The van der Waals surface area contributed by atoms with Gasteiger partial charge in [0.05, 0.1) is 11.6 Å². The van der Waals surface area contributed by atoms with Crippen LogP contribution in [0.2, 0.25) is 0 Å². The van der Waals surface area contributed by atoms with E-state index in [1.807, 2.05) is 50.5 Å². The molecule has 2 aromatic carbocycles. The highest BCUT2D eigenvalue weighted by Crippen LogP contribution is 2.14. The van der Waals surface area contributed by atoms with Crippen molar-refractivity contribution in [1.82, 2.24) is 14.7 Å². The summed E-state index contributed by atoms with van der Waals surface area (Å²) in [6, 6.07) is 16.0. The molecule has 1 aromatic heterocycles. The minimum absolute atomic E-state index is 0.0187. The molecule has 0 fully saturated rings. The van der Waals surface area contributed by atoms with Crippen LogP contribution in [0.5, 0.6) is 0 Å². The lowest BCUT2D eigenvalue weighted by Gasteiger charge is -2.10. The van der Waals surface area contributed by atoms with Crippen LogP contribution in [0.1, 0.15) is 17.5 Å². The van der Waals surface area contributed by atoms with Crippen LogP contribution in [-0.2, 0) is 6.54 Å². The average molecular weight is 333 g/mol. The highest BCUT2D eigenvalue weighted by molar-refractivity contribution is 5.84. The van der Waals surface area contributed by atoms with Crippen LogP contribution < -0.4 is 5.56 Å². The van der Waals surface area contributed by atoms with Crippen molar-refractivity contribution in [2.75, 3.05) is 20.6 Å². The summed E-state index contributed by atoms with van der Waals surface area (Å²) in [5.41, 5.74) is 2.19. The lowest BCUT2D eigenvalue weighted by Crippen LogP contribution is -2.25. The lowest BCUT2D eigenvalue weighted by atomic mass is 10.1. The molecule has 25 heavy (non-hydrogen) atoms. The molecule has 3 aromatic rings. The molecule has 0 N–H and O–H groups in total. The summed E-state index contributed by atoms with van der Waals surface area (Å²) in [6.07, 6.45) is 6.81. The molecule has 0 spiro atoms. The third-order valence-electron chi connectivity index (χ3n) is 4.12. The van der Waals surface area contributed by atoms with Gasteiger partial charge in [-0.1, -0.05) is 48.6 Å². The normalized spacial score (nSPS) is 11.6. The molecule has 128 valence electrons. The molecule has 0 aliphatic rings. The van der Waals surface area contributed by atoms with Crippen LogP contribution in [0.4, 0.5) is 0 Å². The Morgan fingerprint density at radius 1 is 1.04 bits per heavy atom. The maximum absolute atomic E-state index is 12.6. The van der Waals surface area contributed by atoms with Crippen LogP contribution >= 0.6 is 0 Å². The molecular formula is C21H23N3O. The highest BCUT2D eigenvalue weighted by Gasteiger charge is 2.04. The zero-order valence-electron chi connectivity index (χ0n) is 14.7. The largest absolute Gasteiger partial charge is 0.309 e. The Labute approximate surface area is 148 Å². The summed E-state index contributed by atoms with van der Waals surface area (Å²) >= 11 is 0. The third kappa shape index (κ3) is 4.43. The summed E-state index contributed by atoms with van der Waals surface area (Å²) in [4.78, 5) is 14.7.